The van der Waals surface area contributed by atoms with Crippen molar-refractivity contribution < 1.29 is 14.3 Å². The average Bonchev–Trinajstić information content (AvgIpc) is 3.21. The van der Waals surface area contributed by atoms with E-state index in [2.05, 4.69) is 12.2 Å². The van der Waals surface area contributed by atoms with Crippen LogP contribution in [0.3, 0.4) is 0 Å². The molecule has 1 saturated carbocycles. The molecule has 1 heterocycles. The van der Waals surface area contributed by atoms with Gasteiger partial charge in [-0.15, -0.1) is 0 Å². The molecule has 1 aliphatic heterocycles. The normalized spacial score (nSPS) is 32.1. The van der Waals surface area contributed by atoms with Crippen LogP contribution in [0.5, 0.6) is 0 Å². The number of imide groups is 1. The zero-order valence-corrected chi connectivity index (χ0v) is 12.4. The quantitative estimate of drug-likeness (QED) is 0.474. The Morgan fingerprint density at radius 2 is 1.64 bits per heavy atom. The summed E-state index contributed by atoms with van der Waals surface area (Å²) in [5, 5.41) is 0. The molecule has 2 aliphatic carbocycles. The molecular weight excluding hydrogens is 278 g/mol. The third-order valence-electron chi connectivity index (χ3n) is 5.13. The Hall–Kier alpha value is -1.94. The first-order valence-electron chi connectivity index (χ1n) is 7.91. The van der Waals surface area contributed by atoms with Crippen LogP contribution in [0.15, 0.2) is 42.5 Å². The van der Waals surface area contributed by atoms with Crippen LogP contribution in [0.4, 0.5) is 0 Å². The first-order valence-corrected chi connectivity index (χ1v) is 7.91. The number of nitrogens with zero attached hydrogens (tertiary/aromatic N) is 1. The highest BCUT2D eigenvalue weighted by Crippen LogP contribution is 2.52. The number of fused-ring (bicyclic) bond motifs is 5. The van der Waals surface area contributed by atoms with Crippen LogP contribution >= 0.6 is 0 Å². The van der Waals surface area contributed by atoms with Crippen LogP contribution in [0.2, 0.25) is 0 Å². The molecule has 4 rings (SSSR count). The van der Waals surface area contributed by atoms with Gasteiger partial charge in [-0.3, -0.25) is 14.5 Å². The van der Waals surface area contributed by atoms with E-state index < -0.39 is 0 Å². The lowest BCUT2D eigenvalue weighted by atomic mass is 9.85. The Labute approximate surface area is 129 Å². The van der Waals surface area contributed by atoms with Gasteiger partial charge in [-0.1, -0.05) is 42.5 Å². The number of likely N-dealkylation sites (tertiary alicyclic amines) is 1. The van der Waals surface area contributed by atoms with Gasteiger partial charge in [0.2, 0.25) is 11.8 Å². The molecule has 22 heavy (non-hydrogen) atoms. The molecule has 0 unspecified atom stereocenters. The predicted octanol–water partition coefficient (Wildman–Crippen LogP) is 2.01. The number of carbonyl (C=O) groups excluding carboxylic acids is 2. The first-order chi connectivity index (χ1) is 10.8. The Kier molecular flexibility index (Phi) is 3.34. The minimum Gasteiger partial charge on any atom is -0.375 e. The molecule has 114 valence electrons. The van der Waals surface area contributed by atoms with Crippen molar-refractivity contribution in [3.8, 4) is 0 Å². The lowest BCUT2D eigenvalue weighted by Crippen LogP contribution is -2.35. The molecule has 3 aliphatic rings. The lowest BCUT2D eigenvalue weighted by Gasteiger charge is -2.17. The summed E-state index contributed by atoms with van der Waals surface area (Å²) in [4.78, 5) is 26.4. The Bertz CT molecular complexity index is 594. The summed E-state index contributed by atoms with van der Waals surface area (Å²) < 4.78 is 5.61. The zero-order chi connectivity index (χ0) is 15.1. The van der Waals surface area contributed by atoms with Crippen LogP contribution in [0.25, 0.3) is 0 Å². The summed E-state index contributed by atoms with van der Waals surface area (Å²) in [5.41, 5.74) is 1.10. The third-order valence-corrected chi connectivity index (χ3v) is 5.13. The van der Waals surface area contributed by atoms with Gasteiger partial charge in [0, 0.05) is 0 Å². The van der Waals surface area contributed by atoms with Crippen molar-refractivity contribution in [3.63, 3.8) is 0 Å². The molecule has 4 heteroatoms. The highest BCUT2D eigenvalue weighted by Gasteiger charge is 2.58. The number of hydrogen-bond acceptors (Lipinski definition) is 3. The second kappa shape index (κ2) is 5.36. The van der Waals surface area contributed by atoms with E-state index >= 15 is 0 Å². The fourth-order valence-corrected chi connectivity index (χ4v) is 4.10. The number of hydrogen-bond donors (Lipinski definition) is 0. The number of allylic oxidation sites excluding steroid dienone is 2. The molecule has 1 aromatic carbocycles. The van der Waals surface area contributed by atoms with Gasteiger partial charge in [-0.25, -0.2) is 0 Å². The van der Waals surface area contributed by atoms with Gasteiger partial charge in [0.1, 0.15) is 0 Å². The highest BCUT2D eigenvalue weighted by molar-refractivity contribution is 6.06. The molecular formula is C18H19NO3. The van der Waals surface area contributed by atoms with Crippen molar-refractivity contribution >= 4 is 11.8 Å². The molecule has 4 nitrogen and oxygen atoms in total. The Balaban J connectivity index is 1.33. The van der Waals surface area contributed by atoms with Crippen molar-refractivity contribution in [2.45, 2.75) is 13.0 Å². The summed E-state index contributed by atoms with van der Waals surface area (Å²) in [6, 6.07) is 9.90. The molecule has 1 saturated heterocycles. The molecule has 1 aromatic rings. The second-order valence-corrected chi connectivity index (χ2v) is 6.37. The molecule has 4 atom stereocenters. The zero-order valence-electron chi connectivity index (χ0n) is 12.4. The SMILES string of the molecule is O=C1[C@@H]2[C@H](C(=O)N1CCOCc1ccccc1)[C@H]1C=C[C@@H]2C1. The summed E-state index contributed by atoms with van der Waals surface area (Å²) in [6.07, 6.45) is 5.21. The fraction of sp³-hybridized carbons (Fsp3) is 0.444. The summed E-state index contributed by atoms with van der Waals surface area (Å²) >= 11 is 0. The maximum Gasteiger partial charge on any atom is 0.233 e. The molecule has 0 aromatic heterocycles. The topological polar surface area (TPSA) is 46.6 Å². The van der Waals surface area contributed by atoms with Gasteiger partial charge < -0.3 is 4.74 Å². The van der Waals surface area contributed by atoms with Gasteiger partial charge >= 0.3 is 0 Å². The van der Waals surface area contributed by atoms with E-state index in [1.807, 2.05) is 30.3 Å². The number of rotatable bonds is 5. The molecule has 2 fully saturated rings. The smallest absolute Gasteiger partial charge is 0.233 e. The minimum atomic E-state index is -0.100. The molecule has 2 amide bonds. The van der Waals surface area contributed by atoms with Gasteiger partial charge in [-0.05, 0) is 23.8 Å². The maximum absolute atomic E-state index is 12.5. The number of carbonyl (C=O) groups is 2. The van der Waals surface area contributed by atoms with E-state index in [9.17, 15) is 9.59 Å². The van der Waals surface area contributed by atoms with E-state index in [1.54, 1.807) is 0 Å². The Morgan fingerprint density at radius 1 is 1.00 bits per heavy atom. The van der Waals surface area contributed by atoms with Crippen LogP contribution in [-0.2, 0) is 20.9 Å². The van der Waals surface area contributed by atoms with Gasteiger partial charge in [0.25, 0.3) is 0 Å². The van der Waals surface area contributed by atoms with E-state index in [0.717, 1.165) is 12.0 Å². The van der Waals surface area contributed by atoms with Crippen molar-refractivity contribution in [3.05, 3.63) is 48.0 Å². The molecule has 2 bridgehead atoms. The summed E-state index contributed by atoms with van der Waals surface area (Å²) in [5.74, 6) is 0.377. The molecule has 0 N–H and O–H groups in total. The van der Waals surface area contributed by atoms with E-state index in [1.165, 1.54) is 4.90 Å². The van der Waals surface area contributed by atoms with Crippen LogP contribution < -0.4 is 0 Å². The molecule has 0 spiro atoms. The van der Waals surface area contributed by atoms with Gasteiger partial charge in [-0.2, -0.15) is 0 Å². The minimum absolute atomic E-state index is 0.00941. The van der Waals surface area contributed by atoms with Crippen molar-refractivity contribution in [1.82, 2.24) is 4.90 Å². The standard InChI is InChI=1S/C18H19NO3/c20-17-15-13-6-7-14(10-13)16(15)18(21)19(17)8-9-22-11-12-4-2-1-3-5-12/h1-7,13-16H,8-11H2/t13-,14+,15+,16-. The van der Waals surface area contributed by atoms with Gasteiger partial charge in [0.15, 0.2) is 0 Å². The van der Waals surface area contributed by atoms with E-state index in [-0.39, 0.29) is 35.5 Å². The van der Waals surface area contributed by atoms with Crippen molar-refractivity contribution in [1.29, 1.82) is 0 Å². The van der Waals surface area contributed by atoms with Crippen LogP contribution in [0.1, 0.15) is 12.0 Å². The summed E-state index contributed by atoms with van der Waals surface area (Å²) in [7, 11) is 0. The number of benzene rings is 1. The predicted molar refractivity (Wildman–Crippen MR) is 80.5 cm³/mol. The van der Waals surface area contributed by atoms with Crippen molar-refractivity contribution in [2.24, 2.45) is 23.7 Å². The monoisotopic (exact) mass is 297 g/mol. The molecule has 0 radical (unpaired) electrons. The maximum atomic E-state index is 12.5. The fourth-order valence-electron chi connectivity index (χ4n) is 4.10. The number of amides is 2. The van der Waals surface area contributed by atoms with E-state index in [0.29, 0.717) is 19.8 Å². The number of ether oxygens (including phenoxy) is 1. The lowest BCUT2D eigenvalue weighted by molar-refractivity contribution is -0.141. The van der Waals surface area contributed by atoms with E-state index in [4.69, 9.17) is 4.74 Å². The summed E-state index contributed by atoms with van der Waals surface area (Å²) in [6.45, 7) is 1.28. The highest BCUT2D eigenvalue weighted by atomic mass is 16.5. The second-order valence-electron chi connectivity index (χ2n) is 6.37. The largest absolute Gasteiger partial charge is 0.375 e. The average molecular weight is 297 g/mol. The van der Waals surface area contributed by atoms with Gasteiger partial charge in [0.05, 0.1) is 31.6 Å². The Morgan fingerprint density at radius 3 is 2.27 bits per heavy atom. The third kappa shape index (κ3) is 2.10. The first kappa shape index (κ1) is 13.7. The van der Waals surface area contributed by atoms with Crippen LogP contribution in [0, 0.1) is 23.7 Å². The van der Waals surface area contributed by atoms with Crippen molar-refractivity contribution in [2.75, 3.05) is 13.2 Å². The van der Waals surface area contributed by atoms with Crippen LogP contribution in [-0.4, -0.2) is 29.9 Å².